The maximum Gasteiger partial charge on any atom is 0.0335 e. The number of hydrogen-bond acceptors (Lipinski definition) is 2. The second-order valence-corrected chi connectivity index (χ2v) is 5.74. The van der Waals surface area contributed by atoms with E-state index in [1.807, 2.05) is 0 Å². The van der Waals surface area contributed by atoms with Crippen molar-refractivity contribution in [2.24, 2.45) is 11.7 Å². The third kappa shape index (κ3) is 2.65. The summed E-state index contributed by atoms with van der Waals surface area (Å²) >= 11 is 0. The van der Waals surface area contributed by atoms with Crippen molar-refractivity contribution in [3.8, 4) is 0 Å². The molecule has 100 valence electrons. The van der Waals surface area contributed by atoms with Gasteiger partial charge in [-0.3, -0.25) is 0 Å². The van der Waals surface area contributed by atoms with Gasteiger partial charge in [-0.2, -0.15) is 0 Å². The molecule has 1 fully saturated rings. The molecule has 2 atom stereocenters. The van der Waals surface area contributed by atoms with Crippen LogP contribution in [-0.2, 0) is 0 Å². The highest BCUT2D eigenvalue weighted by Gasteiger charge is 2.21. The first kappa shape index (κ1) is 12.6. The molecule has 2 heteroatoms. The zero-order valence-corrected chi connectivity index (χ0v) is 11.5. The molecule has 1 aliphatic heterocycles. The summed E-state index contributed by atoms with van der Waals surface area (Å²) in [5.74, 6) is 0.566. The minimum atomic E-state index is 0.151. The van der Waals surface area contributed by atoms with Crippen molar-refractivity contribution in [1.29, 1.82) is 0 Å². The molecule has 2 aromatic carbocycles. The van der Waals surface area contributed by atoms with Gasteiger partial charge in [-0.05, 0) is 61.2 Å². The summed E-state index contributed by atoms with van der Waals surface area (Å²) < 4.78 is 0. The quantitative estimate of drug-likeness (QED) is 0.864. The Labute approximate surface area is 115 Å². The third-order valence-corrected chi connectivity index (χ3v) is 4.25. The van der Waals surface area contributed by atoms with E-state index in [4.69, 9.17) is 5.73 Å². The van der Waals surface area contributed by atoms with Crippen molar-refractivity contribution in [2.45, 2.75) is 25.8 Å². The van der Waals surface area contributed by atoms with Crippen LogP contribution in [0, 0.1) is 12.8 Å². The van der Waals surface area contributed by atoms with Crippen LogP contribution in [0.5, 0.6) is 0 Å². The highest BCUT2D eigenvalue weighted by Crippen LogP contribution is 2.27. The standard InChI is InChI=1S/C17H22N2/c1-12-4-5-14-10-15(7-6-13(14)9-12)17(18)16-3-2-8-19-11-16/h4-7,9-10,16-17,19H,2-3,8,11,18H2,1H3. The van der Waals surface area contributed by atoms with Gasteiger partial charge in [0.15, 0.2) is 0 Å². The minimum absolute atomic E-state index is 0.151. The lowest BCUT2D eigenvalue weighted by molar-refractivity contribution is 0.326. The molecule has 1 aliphatic rings. The van der Waals surface area contributed by atoms with Crippen LogP contribution >= 0.6 is 0 Å². The lowest BCUT2D eigenvalue weighted by Gasteiger charge is -2.28. The van der Waals surface area contributed by atoms with Crippen LogP contribution in [0.15, 0.2) is 36.4 Å². The molecule has 0 aliphatic carbocycles. The Morgan fingerprint density at radius 1 is 1.16 bits per heavy atom. The number of rotatable bonds is 2. The maximum absolute atomic E-state index is 6.45. The number of piperidine rings is 1. The topological polar surface area (TPSA) is 38.0 Å². The molecule has 3 N–H and O–H groups in total. The summed E-state index contributed by atoms with van der Waals surface area (Å²) in [5.41, 5.74) is 9.03. The molecule has 1 saturated heterocycles. The van der Waals surface area contributed by atoms with E-state index in [-0.39, 0.29) is 6.04 Å². The Bertz CT molecular complexity index is 570. The summed E-state index contributed by atoms with van der Waals surface area (Å²) in [6.45, 7) is 4.32. The second kappa shape index (κ2) is 5.32. The first-order valence-corrected chi connectivity index (χ1v) is 7.21. The lowest BCUT2D eigenvalue weighted by Crippen LogP contribution is -2.36. The fourth-order valence-electron chi connectivity index (χ4n) is 3.05. The average Bonchev–Trinajstić information content (AvgIpc) is 2.47. The molecular formula is C17H22N2. The van der Waals surface area contributed by atoms with E-state index in [9.17, 15) is 0 Å². The van der Waals surface area contributed by atoms with Crippen LogP contribution in [0.1, 0.15) is 30.0 Å². The fourth-order valence-corrected chi connectivity index (χ4v) is 3.05. The molecule has 2 unspecified atom stereocenters. The molecule has 0 aromatic heterocycles. The molecule has 0 radical (unpaired) electrons. The Balaban J connectivity index is 1.89. The molecule has 2 nitrogen and oxygen atoms in total. The van der Waals surface area contributed by atoms with Gasteiger partial charge >= 0.3 is 0 Å². The first-order valence-electron chi connectivity index (χ1n) is 7.21. The SMILES string of the molecule is Cc1ccc2cc(C(N)C3CCCNC3)ccc2c1. The maximum atomic E-state index is 6.45. The van der Waals surface area contributed by atoms with Crippen LogP contribution in [0.2, 0.25) is 0 Å². The average molecular weight is 254 g/mol. The summed E-state index contributed by atoms with van der Waals surface area (Å²) in [7, 11) is 0. The number of aryl methyl sites for hydroxylation is 1. The molecule has 1 heterocycles. The van der Waals surface area contributed by atoms with Gasteiger partial charge in [0.05, 0.1) is 0 Å². The smallest absolute Gasteiger partial charge is 0.0335 e. The monoisotopic (exact) mass is 254 g/mol. The zero-order chi connectivity index (χ0) is 13.2. The van der Waals surface area contributed by atoms with Crippen molar-refractivity contribution in [3.05, 3.63) is 47.5 Å². The number of benzene rings is 2. The van der Waals surface area contributed by atoms with Crippen LogP contribution in [0.4, 0.5) is 0 Å². The van der Waals surface area contributed by atoms with Crippen molar-refractivity contribution < 1.29 is 0 Å². The van der Waals surface area contributed by atoms with E-state index in [2.05, 4.69) is 48.6 Å². The Morgan fingerprint density at radius 3 is 2.74 bits per heavy atom. The number of fused-ring (bicyclic) bond motifs is 1. The van der Waals surface area contributed by atoms with Crippen molar-refractivity contribution in [2.75, 3.05) is 13.1 Å². The van der Waals surface area contributed by atoms with Gasteiger partial charge in [0.2, 0.25) is 0 Å². The summed E-state index contributed by atoms with van der Waals surface area (Å²) in [6, 6.07) is 13.4. The van der Waals surface area contributed by atoms with Crippen LogP contribution in [-0.4, -0.2) is 13.1 Å². The van der Waals surface area contributed by atoms with Gasteiger partial charge < -0.3 is 11.1 Å². The van der Waals surface area contributed by atoms with E-state index in [0.717, 1.165) is 13.1 Å². The molecule has 2 aromatic rings. The predicted octanol–water partition coefficient (Wildman–Crippen LogP) is 3.15. The Kier molecular flexibility index (Phi) is 3.54. The normalized spacial score (nSPS) is 21.5. The second-order valence-electron chi connectivity index (χ2n) is 5.74. The largest absolute Gasteiger partial charge is 0.324 e. The molecule has 0 bridgehead atoms. The van der Waals surface area contributed by atoms with Gasteiger partial charge in [-0.1, -0.05) is 35.9 Å². The Hall–Kier alpha value is -1.38. The van der Waals surface area contributed by atoms with E-state index in [0.29, 0.717) is 5.92 Å². The van der Waals surface area contributed by atoms with Crippen molar-refractivity contribution in [3.63, 3.8) is 0 Å². The van der Waals surface area contributed by atoms with E-state index < -0.39 is 0 Å². The molecular weight excluding hydrogens is 232 g/mol. The van der Waals surface area contributed by atoms with Crippen molar-refractivity contribution >= 4 is 10.8 Å². The van der Waals surface area contributed by atoms with Gasteiger partial charge in [0, 0.05) is 6.04 Å². The van der Waals surface area contributed by atoms with Gasteiger partial charge in [0.1, 0.15) is 0 Å². The first-order chi connectivity index (χ1) is 9.24. The zero-order valence-electron chi connectivity index (χ0n) is 11.5. The number of nitrogens with two attached hydrogens (primary N) is 1. The summed E-state index contributed by atoms with van der Waals surface area (Å²) in [6.07, 6.45) is 2.48. The van der Waals surface area contributed by atoms with Crippen LogP contribution in [0.25, 0.3) is 10.8 Å². The molecule has 0 amide bonds. The number of nitrogens with one attached hydrogen (secondary N) is 1. The highest BCUT2D eigenvalue weighted by atomic mass is 14.9. The summed E-state index contributed by atoms with van der Waals surface area (Å²) in [4.78, 5) is 0. The fraction of sp³-hybridized carbons (Fsp3) is 0.412. The minimum Gasteiger partial charge on any atom is -0.324 e. The van der Waals surface area contributed by atoms with E-state index in [1.165, 1.54) is 34.7 Å². The lowest BCUT2D eigenvalue weighted by atomic mass is 9.87. The predicted molar refractivity (Wildman–Crippen MR) is 81.2 cm³/mol. The molecule has 3 rings (SSSR count). The molecule has 0 spiro atoms. The molecule has 19 heavy (non-hydrogen) atoms. The van der Waals surface area contributed by atoms with Crippen LogP contribution in [0.3, 0.4) is 0 Å². The van der Waals surface area contributed by atoms with Gasteiger partial charge in [0.25, 0.3) is 0 Å². The van der Waals surface area contributed by atoms with E-state index >= 15 is 0 Å². The van der Waals surface area contributed by atoms with E-state index in [1.54, 1.807) is 0 Å². The van der Waals surface area contributed by atoms with Crippen LogP contribution < -0.4 is 11.1 Å². The summed E-state index contributed by atoms with van der Waals surface area (Å²) in [5, 5.41) is 6.05. The van der Waals surface area contributed by atoms with Gasteiger partial charge in [-0.15, -0.1) is 0 Å². The van der Waals surface area contributed by atoms with Gasteiger partial charge in [-0.25, -0.2) is 0 Å². The van der Waals surface area contributed by atoms with Crippen molar-refractivity contribution in [1.82, 2.24) is 5.32 Å². The Morgan fingerprint density at radius 2 is 1.95 bits per heavy atom. The third-order valence-electron chi connectivity index (χ3n) is 4.25. The molecule has 0 saturated carbocycles. The highest BCUT2D eigenvalue weighted by molar-refractivity contribution is 5.83. The number of hydrogen-bond donors (Lipinski definition) is 2.